The predicted molar refractivity (Wildman–Crippen MR) is 97.1 cm³/mol. The standard InChI is InChI=1S/C19H28N4O2/c20-17-13-23(12-16(17)14-7-3-1-4-8-14)18(24)11-21-19(25)22-15-9-5-2-6-10-15/h1,3-4,7-8,15-17H,2,5-6,9-13,20H2,(H2,21,22,25)/t16-,17+/m0/s1. The average Bonchev–Trinajstić information content (AvgIpc) is 3.03. The van der Waals surface area contributed by atoms with Crippen LogP contribution in [0.25, 0.3) is 0 Å². The Hall–Kier alpha value is -2.08. The fourth-order valence-corrected chi connectivity index (χ4v) is 3.84. The van der Waals surface area contributed by atoms with Gasteiger partial charge in [-0.1, -0.05) is 49.6 Å². The van der Waals surface area contributed by atoms with Gasteiger partial charge < -0.3 is 21.3 Å². The molecule has 0 radical (unpaired) electrons. The summed E-state index contributed by atoms with van der Waals surface area (Å²) in [4.78, 5) is 26.1. The molecule has 1 aromatic rings. The van der Waals surface area contributed by atoms with Gasteiger partial charge in [-0.15, -0.1) is 0 Å². The van der Waals surface area contributed by atoms with Gasteiger partial charge in [0.25, 0.3) is 0 Å². The molecular weight excluding hydrogens is 316 g/mol. The maximum atomic E-state index is 12.4. The molecule has 1 heterocycles. The highest BCUT2D eigenvalue weighted by atomic mass is 16.2. The number of carbonyl (C=O) groups excluding carboxylic acids is 2. The molecule has 1 aromatic carbocycles. The summed E-state index contributed by atoms with van der Waals surface area (Å²) in [6.45, 7) is 1.16. The lowest BCUT2D eigenvalue weighted by molar-refractivity contribution is -0.129. The molecule has 2 aliphatic rings. The molecule has 4 N–H and O–H groups in total. The molecule has 0 bridgehead atoms. The van der Waals surface area contributed by atoms with Crippen LogP contribution >= 0.6 is 0 Å². The number of carbonyl (C=O) groups is 2. The van der Waals surface area contributed by atoms with Gasteiger partial charge in [0.2, 0.25) is 5.91 Å². The third-order valence-corrected chi connectivity index (χ3v) is 5.29. The summed E-state index contributed by atoms with van der Waals surface area (Å²) in [6.07, 6.45) is 5.63. The van der Waals surface area contributed by atoms with Crippen LogP contribution in [-0.2, 0) is 4.79 Å². The summed E-state index contributed by atoms with van der Waals surface area (Å²) in [6, 6.07) is 9.98. The van der Waals surface area contributed by atoms with Crippen LogP contribution in [0.4, 0.5) is 4.79 Å². The number of hydrogen-bond donors (Lipinski definition) is 3. The fourth-order valence-electron chi connectivity index (χ4n) is 3.84. The summed E-state index contributed by atoms with van der Waals surface area (Å²) in [7, 11) is 0. The Labute approximate surface area is 149 Å². The van der Waals surface area contributed by atoms with E-state index in [0.717, 1.165) is 31.2 Å². The molecule has 6 heteroatoms. The number of rotatable bonds is 4. The van der Waals surface area contributed by atoms with E-state index in [1.807, 2.05) is 30.3 Å². The van der Waals surface area contributed by atoms with E-state index in [0.29, 0.717) is 13.1 Å². The number of likely N-dealkylation sites (tertiary alicyclic amines) is 1. The number of nitrogens with zero attached hydrogens (tertiary/aromatic N) is 1. The smallest absolute Gasteiger partial charge is 0.315 e. The van der Waals surface area contributed by atoms with Crippen LogP contribution in [-0.4, -0.2) is 48.6 Å². The molecule has 1 saturated heterocycles. The van der Waals surface area contributed by atoms with Crippen LogP contribution in [0.3, 0.4) is 0 Å². The lowest BCUT2D eigenvalue weighted by atomic mass is 9.95. The number of urea groups is 1. The summed E-state index contributed by atoms with van der Waals surface area (Å²) in [5.41, 5.74) is 7.39. The van der Waals surface area contributed by atoms with Crippen molar-refractivity contribution in [3.63, 3.8) is 0 Å². The van der Waals surface area contributed by atoms with E-state index < -0.39 is 0 Å². The van der Waals surface area contributed by atoms with E-state index in [4.69, 9.17) is 5.73 Å². The van der Waals surface area contributed by atoms with E-state index >= 15 is 0 Å². The van der Waals surface area contributed by atoms with Crippen molar-refractivity contribution in [2.75, 3.05) is 19.6 Å². The lowest BCUT2D eigenvalue weighted by Crippen LogP contribution is -2.47. The molecule has 0 aromatic heterocycles. The zero-order valence-corrected chi connectivity index (χ0v) is 14.6. The summed E-state index contributed by atoms with van der Waals surface area (Å²) >= 11 is 0. The van der Waals surface area contributed by atoms with Crippen LogP contribution in [0, 0.1) is 0 Å². The van der Waals surface area contributed by atoms with Gasteiger partial charge in [0.1, 0.15) is 0 Å². The molecule has 3 amide bonds. The highest BCUT2D eigenvalue weighted by Gasteiger charge is 2.33. The number of benzene rings is 1. The molecule has 25 heavy (non-hydrogen) atoms. The maximum Gasteiger partial charge on any atom is 0.315 e. The third kappa shape index (κ3) is 4.72. The van der Waals surface area contributed by atoms with E-state index in [1.54, 1.807) is 4.90 Å². The quantitative estimate of drug-likeness (QED) is 0.775. The monoisotopic (exact) mass is 344 g/mol. The highest BCUT2D eigenvalue weighted by molar-refractivity contribution is 5.84. The van der Waals surface area contributed by atoms with Crippen molar-refractivity contribution in [1.29, 1.82) is 0 Å². The van der Waals surface area contributed by atoms with Crippen LogP contribution < -0.4 is 16.4 Å². The summed E-state index contributed by atoms with van der Waals surface area (Å²) in [5, 5.41) is 5.66. The second-order valence-corrected chi connectivity index (χ2v) is 7.14. The Morgan fingerprint density at radius 2 is 1.80 bits per heavy atom. The predicted octanol–water partition coefficient (Wildman–Crippen LogP) is 1.57. The number of nitrogens with two attached hydrogens (primary N) is 1. The Kier molecular flexibility index (Phi) is 5.91. The van der Waals surface area contributed by atoms with Gasteiger partial charge in [-0.3, -0.25) is 4.79 Å². The molecule has 136 valence electrons. The Morgan fingerprint density at radius 1 is 1.08 bits per heavy atom. The molecule has 1 aliphatic heterocycles. The van der Waals surface area contributed by atoms with Crippen LogP contribution in [0.1, 0.15) is 43.6 Å². The second kappa shape index (κ2) is 8.34. The minimum atomic E-state index is -0.247. The minimum Gasteiger partial charge on any atom is -0.339 e. The highest BCUT2D eigenvalue weighted by Crippen LogP contribution is 2.26. The summed E-state index contributed by atoms with van der Waals surface area (Å²) in [5.74, 6) is 0.0777. The maximum absolute atomic E-state index is 12.4. The largest absolute Gasteiger partial charge is 0.339 e. The zero-order chi connectivity index (χ0) is 17.6. The van der Waals surface area contributed by atoms with E-state index in [1.165, 1.54) is 6.42 Å². The third-order valence-electron chi connectivity index (χ3n) is 5.29. The van der Waals surface area contributed by atoms with Crippen molar-refractivity contribution in [2.45, 2.75) is 50.1 Å². The molecule has 1 aliphatic carbocycles. The van der Waals surface area contributed by atoms with Gasteiger partial charge in [-0.05, 0) is 18.4 Å². The van der Waals surface area contributed by atoms with Crippen molar-refractivity contribution >= 4 is 11.9 Å². The van der Waals surface area contributed by atoms with Crippen LogP contribution in [0.2, 0.25) is 0 Å². The SMILES string of the molecule is N[C@@H]1CN(C(=O)CNC(=O)NC2CCCCC2)C[C@H]1c1ccccc1. The topological polar surface area (TPSA) is 87.5 Å². The van der Waals surface area contributed by atoms with Gasteiger partial charge in [0.05, 0.1) is 6.54 Å². The van der Waals surface area contributed by atoms with Gasteiger partial charge in [-0.25, -0.2) is 4.79 Å². The van der Waals surface area contributed by atoms with Crippen molar-refractivity contribution in [1.82, 2.24) is 15.5 Å². The molecule has 6 nitrogen and oxygen atoms in total. The normalized spacial score (nSPS) is 24.1. The first-order valence-electron chi connectivity index (χ1n) is 9.26. The number of amides is 3. The first-order chi connectivity index (χ1) is 12.1. The zero-order valence-electron chi connectivity index (χ0n) is 14.6. The van der Waals surface area contributed by atoms with Crippen LogP contribution in [0.15, 0.2) is 30.3 Å². The van der Waals surface area contributed by atoms with Crippen molar-refractivity contribution in [3.05, 3.63) is 35.9 Å². The second-order valence-electron chi connectivity index (χ2n) is 7.14. The Bertz CT molecular complexity index is 586. The Balaban J connectivity index is 1.44. The first-order valence-corrected chi connectivity index (χ1v) is 9.26. The molecular formula is C19H28N4O2. The number of hydrogen-bond acceptors (Lipinski definition) is 3. The lowest BCUT2D eigenvalue weighted by Gasteiger charge is -2.23. The van der Waals surface area contributed by atoms with Crippen LogP contribution in [0.5, 0.6) is 0 Å². The van der Waals surface area contributed by atoms with Gasteiger partial charge in [-0.2, -0.15) is 0 Å². The minimum absolute atomic E-state index is 0.0206. The molecule has 2 atom stereocenters. The summed E-state index contributed by atoms with van der Waals surface area (Å²) < 4.78 is 0. The molecule has 0 unspecified atom stereocenters. The van der Waals surface area contributed by atoms with E-state index in [2.05, 4.69) is 10.6 Å². The molecule has 2 fully saturated rings. The average molecular weight is 344 g/mol. The van der Waals surface area contributed by atoms with Gasteiger partial charge in [0, 0.05) is 31.1 Å². The first kappa shape index (κ1) is 17.7. The number of nitrogens with one attached hydrogen (secondary N) is 2. The van der Waals surface area contributed by atoms with Crippen molar-refractivity contribution < 1.29 is 9.59 Å². The fraction of sp³-hybridized carbons (Fsp3) is 0.579. The molecule has 0 spiro atoms. The van der Waals surface area contributed by atoms with Crippen molar-refractivity contribution in [2.24, 2.45) is 5.73 Å². The molecule has 1 saturated carbocycles. The van der Waals surface area contributed by atoms with Gasteiger partial charge >= 0.3 is 6.03 Å². The Morgan fingerprint density at radius 3 is 2.52 bits per heavy atom. The van der Waals surface area contributed by atoms with Gasteiger partial charge in [0.15, 0.2) is 0 Å². The van der Waals surface area contributed by atoms with Crippen molar-refractivity contribution in [3.8, 4) is 0 Å². The van der Waals surface area contributed by atoms with E-state index in [-0.39, 0.29) is 36.5 Å². The van der Waals surface area contributed by atoms with E-state index in [9.17, 15) is 9.59 Å². The molecule has 3 rings (SSSR count).